The third-order valence-electron chi connectivity index (χ3n) is 3.13. The molecule has 0 spiro atoms. The maximum absolute atomic E-state index is 11.9. The SMILES string of the molecule is O=C(CCCn1cccn1)Nc1nnc(-c2ccccc2Cl)s1. The van der Waals surface area contributed by atoms with Gasteiger partial charge in [0.2, 0.25) is 11.0 Å². The molecule has 0 fully saturated rings. The number of nitrogens with one attached hydrogen (secondary N) is 1. The molecular formula is C15H14ClN5OS. The minimum Gasteiger partial charge on any atom is -0.301 e. The van der Waals surface area contributed by atoms with Crippen LogP contribution in [0.25, 0.3) is 10.6 Å². The molecule has 0 unspecified atom stereocenters. The summed E-state index contributed by atoms with van der Waals surface area (Å²) in [4.78, 5) is 11.9. The number of benzene rings is 1. The van der Waals surface area contributed by atoms with Crippen LogP contribution in [0.1, 0.15) is 12.8 Å². The molecule has 23 heavy (non-hydrogen) atoms. The van der Waals surface area contributed by atoms with Gasteiger partial charge < -0.3 is 5.32 Å². The molecule has 0 atom stereocenters. The molecular weight excluding hydrogens is 334 g/mol. The lowest BCUT2D eigenvalue weighted by Crippen LogP contribution is -2.12. The van der Waals surface area contributed by atoms with Crippen molar-refractivity contribution >= 4 is 34.0 Å². The standard InChI is InChI=1S/C15H14ClN5OS/c16-12-6-2-1-5-11(12)14-19-20-15(23-14)18-13(22)7-3-9-21-10-4-8-17-21/h1-2,4-6,8,10H,3,7,9H2,(H,18,20,22). The highest BCUT2D eigenvalue weighted by molar-refractivity contribution is 7.18. The average molecular weight is 348 g/mol. The zero-order chi connectivity index (χ0) is 16.1. The summed E-state index contributed by atoms with van der Waals surface area (Å²) < 4.78 is 1.80. The maximum Gasteiger partial charge on any atom is 0.226 e. The molecule has 2 heterocycles. The van der Waals surface area contributed by atoms with E-state index in [1.165, 1.54) is 11.3 Å². The Hall–Kier alpha value is -2.25. The predicted octanol–water partition coefficient (Wildman–Crippen LogP) is 3.47. The van der Waals surface area contributed by atoms with Gasteiger partial charge in [-0.25, -0.2) is 0 Å². The first-order valence-electron chi connectivity index (χ1n) is 7.08. The second-order valence-electron chi connectivity index (χ2n) is 4.81. The van der Waals surface area contributed by atoms with Gasteiger partial charge in [0.15, 0.2) is 5.01 Å². The fraction of sp³-hybridized carbons (Fsp3) is 0.200. The van der Waals surface area contributed by atoms with E-state index >= 15 is 0 Å². The number of carbonyl (C=O) groups excluding carboxylic acids is 1. The smallest absolute Gasteiger partial charge is 0.226 e. The maximum atomic E-state index is 11.9. The van der Waals surface area contributed by atoms with Crippen LogP contribution in [-0.2, 0) is 11.3 Å². The van der Waals surface area contributed by atoms with Gasteiger partial charge in [0.25, 0.3) is 0 Å². The largest absolute Gasteiger partial charge is 0.301 e. The highest BCUT2D eigenvalue weighted by Gasteiger charge is 2.11. The Morgan fingerprint density at radius 1 is 1.26 bits per heavy atom. The van der Waals surface area contributed by atoms with Crippen molar-refractivity contribution in [2.75, 3.05) is 5.32 Å². The van der Waals surface area contributed by atoms with Gasteiger partial charge in [-0.1, -0.05) is 41.1 Å². The summed E-state index contributed by atoms with van der Waals surface area (Å²) in [5.74, 6) is -0.0842. The Morgan fingerprint density at radius 2 is 2.13 bits per heavy atom. The number of carbonyl (C=O) groups is 1. The molecule has 0 aliphatic rings. The predicted molar refractivity (Wildman–Crippen MR) is 90.4 cm³/mol. The first kappa shape index (κ1) is 15.6. The second kappa shape index (κ2) is 7.34. The lowest BCUT2D eigenvalue weighted by Gasteiger charge is -2.02. The number of hydrogen-bond acceptors (Lipinski definition) is 5. The van der Waals surface area contributed by atoms with E-state index in [0.29, 0.717) is 34.5 Å². The molecule has 0 bridgehead atoms. The van der Waals surface area contributed by atoms with Gasteiger partial charge in [-0.3, -0.25) is 9.48 Å². The number of hydrogen-bond donors (Lipinski definition) is 1. The van der Waals surface area contributed by atoms with Crippen LogP contribution in [-0.4, -0.2) is 25.9 Å². The van der Waals surface area contributed by atoms with E-state index in [1.54, 1.807) is 16.9 Å². The van der Waals surface area contributed by atoms with Crippen LogP contribution in [0.3, 0.4) is 0 Å². The molecule has 0 saturated carbocycles. The molecule has 2 aromatic heterocycles. The highest BCUT2D eigenvalue weighted by Crippen LogP contribution is 2.31. The Labute approximate surface area is 142 Å². The molecule has 118 valence electrons. The molecule has 0 saturated heterocycles. The normalized spacial score (nSPS) is 10.7. The van der Waals surface area contributed by atoms with Gasteiger partial charge in [-0.05, 0) is 18.6 Å². The van der Waals surface area contributed by atoms with Crippen LogP contribution < -0.4 is 5.32 Å². The van der Waals surface area contributed by atoms with Crippen molar-refractivity contribution in [1.29, 1.82) is 0 Å². The molecule has 1 aromatic carbocycles. The number of aromatic nitrogens is 4. The van der Waals surface area contributed by atoms with Crippen molar-refractivity contribution in [1.82, 2.24) is 20.0 Å². The van der Waals surface area contributed by atoms with Crippen LogP contribution in [0.4, 0.5) is 5.13 Å². The fourth-order valence-corrected chi connectivity index (χ4v) is 3.11. The second-order valence-corrected chi connectivity index (χ2v) is 6.20. The van der Waals surface area contributed by atoms with Crippen molar-refractivity contribution in [2.45, 2.75) is 19.4 Å². The van der Waals surface area contributed by atoms with Crippen molar-refractivity contribution in [3.8, 4) is 10.6 Å². The Bertz CT molecular complexity index is 787. The number of halogens is 1. The summed E-state index contributed by atoms with van der Waals surface area (Å²) in [5, 5.41) is 16.7. The molecule has 8 heteroatoms. The van der Waals surface area contributed by atoms with E-state index in [2.05, 4.69) is 20.6 Å². The van der Waals surface area contributed by atoms with Crippen molar-refractivity contribution in [3.63, 3.8) is 0 Å². The van der Waals surface area contributed by atoms with Gasteiger partial charge in [-0.2, -0.15) is 5.10 Å². The molecule has 3 rings (SSSR count). The van der Waals surface area contributed by atoms with Gasteiger partial charge in [0.05, 0.1) is 5.02 Å². The van der Waals surface area contributed by atoms with Crippen LogP contribution in [0.15, 0.2) is 42.7 Å². The lowest BCUT2D eigenvalue weighted by molar-refractivity contribution is -0.116. The van der Waals surface area contributed by atoms with Crippen LogP contribution in [0, 0.1) is 0 Å². The summed E-state index contributed by atoms with van der Waals surface area (Å²) in [7, 11) is 0. The van der Waals surface area contributed by atoms with Crippen molar-refractivity contribution in [2.24, 2.45) is 0 Å². The van der Waals surface area contributed by atoms with Gasteiger partial charge in [0.1, 0.15) is 0 Å². The molecule has 0 radical (unpaired) electrons. The number of rotatable bonds is 6. The first-order chi connectivity index (χ1) is 11.2. The number of anilines is 1. The zero-order valence-corrected chi connectivity index (χ0v) is 13.7. The minimum absolute atomic E-state index is 0.0842. The van der Waals surface area contributed by atoms with E-state index in [1.807, 2.05) is 30.5 Å². The summed E-state index contributed by atoms with van der Waals surface area (Å²) in [6.45, 7) is 0.710. The Morgan fingerprint density at radius 3 is 2.91 bits per heavy atom. The van der Waals surface area contributed by atoms with Crippen molar-refractivity contribution in [3.05, 3.63) is 47.7 Å². The molecule has 0 aliphatic heterocycles. The van der Waals surface area contributed by atoms with Gasteiger partial charge in [-0.15, -0.1) is 10.2 Å². The monoisotopic (exact) mass is 347 g/mol. The zero-order valence-electron chi connectivity index (χ0n) is 12.1. The Kier molecular flexibility index (Phi) is 4.99. The molecule has 3 aromatic rings. The molecule has 1 amide bonds. The summed E-state index contributed by atoms with van der Waals surface area (Å²) in [6.07, 6.45) is 4.71. The highest BCUT2D eigenvalue weighted by atomic mass is 35.5. The lowest BCUT2D eigenvalue weighted by atomic mass is 10.2. The molecule has 6 nitrogen and oxygen atoms in total. The van der Waals surface area contributed by atoms with Crippen molar-refractivity contribution < 1.29 is 4.79 Å². The third-order valence-corrected chi connectivity index (χ3v) is 4.33. The number of nitrogens with zero attached hydrogens (tertiary/aromatic N) is 4. The van der Waals surface area contributed by atoms with E-state index in [9.17, 15) is 4.79 Å². The topological polar surface area (TPSA) is 72.7 Å². The molecule has 0 aliphatic carbocycles. The van der Waals surface area contributed by atoms with Crippen LogP contribution in [0.5, 0.6) is 0 Å². The van der Waals surface area contributed by atoms with E-state index in [-0.39, 0.29) is 5.91 Å². The molecule has 1 N–H and O–H groups in total. The summed E-state index contributed by atoms with van der Waals surface area (Å²) in [6, 6.07) is 9.27. The fourth-order valence-electron chi connectivity index (χ4n) is 2.03. The minimum atomic E-state index is -0.0842. The van der Waals surface area contributed by atoms with E-state index < -0.39 is 0 Å². The Balaban J connectivity index is 1.54. The number of aryl methyl sites for hydroxylation is 1. The van der Waals surface area contributed by atoms with E-state index in [0.717, 1.165) is 5.56 Å². The van der Waals surface area contributed by atoms with Crippen LogP contribution in [0.2, 0.25) is 5.02 Å². The average Bonchev–Trinajstić information content (AvgIpc) is 3.20. The first-order valence-corrected chi connectivity index (χ1v) is 8.27. The summed E-state index contributed by atoms with van der Waals surface area (Å²) >= 11 is 7.44. The third kappa shape index (κ3) is 4.14. The van der Waals surface area contributed by atoms with Gasteiger partial charge >= 0.3 is 0 Å². The van der Waals surface area contributed by atoms with E-state index in [4.69, 9.17) is 11.6 Å². The summed E-state index contributed by atoms with van der Waals surface area (Å²) in [5.41, 5.74) is 0.811. The van der Waals surface area contributed by atoms with Gasteiger partial charge in [0, 0.05) is 30.9 Å². The quantitative estimate of drug-likeness (QED) is 0.741. The van der Waals surface area contributed by atoms with Crippen LogP contribution >= 0.6 is 22.9 Å². The number of amides is 1.